The molecule has 5 heteroatoms. The van der Waals surface area contributed by atoms with E-state index in [4.69, 9.17) is 14.2 Å². The zero-order chi connectivity index (χ0) is 18.8. The molecular formula is C21H27NO4. The molecular weight excluding hydrogens is 330 g/mol. The third-order valence-corrected chi connectivity index (χ3v) is 3.90. The molecule has 0 unspecified atom stereocenters. The number of nitrogens with one attached hydrogen (secondary N) is 1. The Hall–Kier alpha value is -2.69. The average molecular weight is 357 g/mol. The van der Waals surface area contributed by atoms with Crippen LogP contribution in [0.3, 0.4) is 0 Å². The fraction of sp³-hybridized carbons (Fsp3) is 0.381. The Labute approximate surface area is 155 Å². The number of rotatable bonds is 10. The van der Waals surface area contributed by atoms with Crippen LogP contribution in [0.25, 0.3) is 0 Å². The summed E-state index contributed by atoms with van der Waals surface area (Å²) < 4.78 is 16.3. The van der Waals surface area contributed by atoms with Crippen LogP contribution in [0.2, 0.25) is 0 Å². The molecule has 0 bridgehead atoms. The van der Waals surface area contributed by atoms with Gasteiger partial charge < -0.3 is 19.5 Å². The van der Waals surface area contributed by atoms with Crippen LogP contribution in [0.1, 0.15) is 31.4 Å². The van der Waals surface area contributed by atoms with E-state index in [0.29, 0.717) is 32.6 Å². The maximum atomic E-state index is 12.1. The van der Waals surface area contributed by atoms with Crippen LogP contribution in [0.15, 0.2) is 42.5 Å². The Bertz CT molecular complexity index is 698. The first-order chi connectivity index (χ1) is 12.7. The van der Waals surface area contributed by atoms with Crippen LogP contribution in [-0.2, 0) is 17.8 Å². The van der Waals surface area contributed by atoms with Crippen molar-refractivity contribution in [3.8, 4) is 17.2 Å². The van der Waals surface area contributed by atoms with E-state index in [1.165, 1.54) is 0 Å². The van der Waals surface area contributed by atoms with E-state index in [2.05, 4.69) is 5.32 Å². The SMILES string of the molecule is CCOc1ccc(CCC(=O)NCc2ccc(OC)cc2)cc1OCC. The topological polar surface area (TPSA) is 56.8 Å². The first-order valence-electron chi connectivity index (χ1n) is 8.94. The third kappa shape index (κ3) is 5.99. The summed E-state index contributed by atoms with van der Waals surface area (Å²) in [5, 5.41) is 2.94. The van der Waals surface area contributed by atoms with Crippen LogP contribution in [0, 0.1) is 0 Å². The molecule has 0 atom stereocenters. The molecule has 2 aromatic rings. The number of methoxy groups -OCH3 is 1. The molecule has 2 aromatic carbocycles. The van der Waals surface area contributed by atoms with Gasteiger partial charge in [0.2, 0.25) is 5.91 Å². The van der Waals surface area contributed by atoms with Gasteiger partial charge in [-0.25, -0.2) is 0 Å². The summed E-state index contributed by atoms with van der Waals surface area (Å²) in [6, 6.07) is 13.5. The highest BCUT2D eigenvalue weighted by atomic mass is 16.5. The summed E-state index contributed by atoms with van der Waals surface area (Å²) >= 11 is 0. The average Bonchev–Trinajstić information content (AvgIpc) is 2.67. The van der Waals surface area contributed by atoms with Crippen LogP contribution >= 0.6 is 0 Å². The molecule has 0 heterocycles. The minimum absolute atomic E-state index is 0.0210. The Balaban J connectivity index is 1.84. The number of aryl methyl sites for hydroxylation is 1. The molecule has 0 saturated carbocycles. The van der Waals surface area contributed by atoms with Crippen molar-refractivity contribution in [2.75, 3.05) is 20.3 Å². The van der Waals surface area contributed by atoms with Gasteiger partial charge >= 0.3 is 0 Å². The van der Waals surface area contributed by atoms with Gasteiger partial charge in [0.05, 0.1) is 20.3 Å². The van der Waals surface area contributed by atoms with Crippen LogP contribution in [0.4, 0.5) is 0 Å². The number of hydrogen-bond donors (Lipinski definition) is 1. The Kier molecular flexibility index (Phi) is 7.80. The highest BCUT2D eigenvalue weighted by Gasteiger charge is 2.08. The number of carbonyl (C=O) groups excluding carboxylic acids is 1. The van der Waals surface area contributed by atoms with Gasteiger partial charge in [0.25, 0.3) is 0 Å². The van der Waals surface area contributed by atoms with Gasteiger partial charge in [0.1, 0.15) is 5.75 Å². The normalized spacial score (nSPS) is 10.3. The number of carbonyl (C=O) groups is 1. The standard InChI is InChI=1S/C21H27NO4/c1-4-25-19-12-8-16(14-20(19)26-5-2)9-13-21(23)22-15-17-6-10-18(24-3)11-7-17/h6-8,10-12,14H,4-5,9,13,15H2,1-3H3,(H,22,23). The molecule has 26 heavy (non-hydrogen) atoms. The van der Waals surface area contributed by atoms with Crippen LogP contribution < -0.4 is 19.5 Å². The van der Waals surface area contributed by atoms with Crippen molar-refractivity contribution in [2.45, 2.75) is 33.2 Å². The van der Waals surface area contributed by atoms with Crippen molar-refractivity contribution >= 4 is 5.91 Å². The molecule has 0 radical (unpaired) electrons. The molecule has 0 aliphatic carbocycles. The minimum Gasteiger partial charge on any atom is -0.497 e. The summed E-state index contributed by atoms with van der Waals surface area (Å²) in [7, 11) is 1.63. The molecule has 0 aliphatic heterocycles. The minimum atomic E-state index is 0.0210. The highest BCUT2D eigenvalue weighted by Crippen LogP contribution is 2.29. The predicted octanol–water partition coefficient (Wildman–Crippen LogP) is 3.74. The van der Waals surface area contributed by atoms with Crippen molar-refractivity contribution < 1.29 is 19.0 Å². The molecule has 2 rings (SSSR count). The number of amides is 1. The second-order valence-corrected chi connectivity index (χ2v) is 5.77. The molecule has 1 amide bonds. The Morgan fingerprint density at radius 3 is 2.23 bits per heavy atom. The smallest absolute Gasteiger partial charge is 0.220 e. The van der Waals surface area contributed by atoms with Crippen LogP contribution in [0.5, 0.6) is 17.2 Å². The van der Waals surface area contributed by atoms with Crippen molar-refractivity contribution in [3.05, 3.63) is 53.6 Å². The lowest BCUT2D eigenvalue weighted by atomic mass is 10.1. The molecule has 0 spiro atoms. The maximum Gasteiger partial charge on any atom is 0.220 e. The zero-order valence-corrected chi connectivity index (χ0v) is 15.7. The molecule has 0 aromatic heterocycles. The Morgan fingerprint density at radius 1 is 0.923 bits per heavy atom. The van der Waals surface area contributed by atoms with Crippen molar-refractivity contribution in [3.63, 3.8) is 0 Å². The van der Waals surface area contributed by atoms with Gasteiger partial charge in [-0.1, -0.05) is 18.2 Å². The number of hydrogen-bond acceptors (Lipinski definition) is 4. The van der Waals surface area contributed by atoms with Gasteiger partial charge in [0, 0.05) is 13.0 Å². The highest BCUT2D eigenvalue weighted by molar-refractivity contribution is 5.76. The van der Waals surface area contributed by atoms with Crippen LogP contribution in [-0.4, -0.2) is 26.2 Å². The molecule has 1 N–H and O–H groups in total. The van der Waals surface area contributed by atoms with Gasteiger partial charge in [-0.3, -0.25) is 4.79 Å². The first-order valence-corrected chi connectivity index (χ1v) is 8.94. The largest absolute Gasteiger partial charge is 0.497 e. The zero-order valence-electron chi connectivity index (χ0n) is 15.7. The Morgan fingerprint density at radius 2 is 1.58 bits per heavy atom. The molecule has 0 aliphatic rings. The van der Waals surface area contributed by atoms with E-state index < -0.39 is 0 Å². The van der Waals surface area contributed by atoms with E-state index in [1.807, 2.05) is 56.3 Å². The summed E-state index contributed by atoms with van der Waals surface area (Å²) in [6.07, 6.45) is 1.08. The van der Waals surface area contributed by atoms with Crippen molar-refractivity contribution in [1.29, 1.82) is 0 Å². The lowest BCUT2D eigenvalue weighted by molar-refractivity contribution is -0.121. The van der Waals surface area contributed by atoms with Gasteiger partial charge in [-0.15, -0.1) is 0 Å². The number of ether oxygens (including phenoxy) is 3. The summed E-state index contributed by atoms with van der Waals surface area (Å²) in [4.78, 5) is 12.1. The van der Waals surface area contributed by atoms with E-state index in [0.717, 1.165) is 28.4 Å². The summed E-state index contributed by atoms with van der Waals surface area (Å²) in [6.45, 7) is 5.56. The second-order valence-electron chi connectivity index (χ2n) is 5.77. The van der Waals surface area contributed by atoms with E-state index in [9.17, 15) is 4.79 Å². The van der Waals surface area contributed by atoms with Crippen molar-refractivity contribution in [1.82, 2.24) is 5.32 Å². The molecule has 140 valence electrons. The summed E-state index contributed by atoms with van der Waals surface area (Å²) in [5.41, 5.74) is 2.09. The summed E-state index contributed by atoms with van der Waals surface area (Å²) in [5.74, 6) is 2.29. The van der Waals surface area contributed by atoms with Crippen molar-refractivity contribution in [2.24, 2.45) is 0 Å². The predicted molar refractivity (Wildman–Crippen MR) is 102 cm³/mol. The van der Waals surface area contributed by atoms with E-state index in [-0.39, 0.29) is 5.91 Å². The van der Waals surface area contributed by atoms with E-state index in [1.54, 1.807) is 7.11 Å². The molecule has 0 fully saturated rings. The molecule has 0 saturated heterocycles. The second kappa shape index (κ2) is 10.3. The van der Waals surface area contributed by atoms with E-state index >= 15 is 0 Å². The number of benzene rings is 2. The fourth-order valence-corrected chi connectivity index (χ4v) is 2.54. The first kappa shape index (κ1) is 19.6. The van der Waals surface area contributed by atoms with Gasteiger partial charge in [-0.05, 0) is 55.7 Å². The quantitative estimate of drug-likeness (QED) is 0.704. The fourth-order valence-electron chi connectivity index (χ4n) is 2.54. The lowest BCUT2D eigenvalue weighted by Crippen LogP contribution is -2.22. The monoisotopic (exact) mass is 357 g/mol. The lowest BCUT2D eigenvalue weighted by Gasteiger charge is -2.12. The van der Waals surface area contributed by atoms with Gasteiger partial charge in [-0.2, -0.15) is 0 Å². The maximum absolute atomic E-state index is 12.1. The molecule has 5 nitrogen and oxygen atoms in total. The third-order valence-electron chi connectivity index (χ3n) is 3.90. The van der Waals surface area contributed by atoms with Gasteiger partial charge in [0.15, 0.2) is 11.5 Å².